The third-order valence-corrected chi connectivity index (χ3v) is 6.84. The predicted molar refractivity (Wildman–Crippen MR) is 133 cm³/mol. The number of halogens is 1. The van der Waals surface area contributed by atoms with E-state index >= 15 is 0 Å². The van der Waals surface area contributed by atoms with Gasteiger partial charge in [-0.1, -0.05) is 0 Å². The summed E-state index contributed by atoms with van der Waals surface area (Å²) in [5, 5.41) is 6.93. The Labute approximate surface area is 208 Å². The number of amides is 2. The van der Waals surface area contributed by atoms with Crippen molar-refractivity contribution in [1.29, 1.82) is 0 Å². The van der Waals surface area contributed by atoms with Gasteiger partial charge in [0, 0.05) is 51.2 Å². The number of carbonyl (C=O) groups excluding carboxylic acids is 2. The lowest BCUT2D eigenvalue weighted by atomic mass is 9.82. The predicted octanol–water partition coefficient (Wildman–Crippen LogP) is 3.09. The van der Waals surface area contributed by atoms with Crippen LogP contribution in [0.1, 0.15) is 41.1 Å². The molecule has 2 fully saturated rings. The average Bonchev–Trinajstić information content (AvgIpc) is 3.53. The molecule has 1 N–H and O–H groups in total. The van der Waals surface area contributed by atoms with Crippen molar-refractivity contribution in [2.45, 2.75) is 32.7 Å². The number of hydrogen-bond donors (Lipinski definition) is 1. The number of rotatable bonds is 7. The van der Waals surface area contributed by atoms with Crippen molar-refractivity contribution in [3.05, 3.63) is 59.6 Å². The van der Waals surface area contributed by atoms with Gasteiger partial charge in [0.2, 0.25) is 5.91 Å². The molecule has 0 bridgehead atoms. The van der Waals surface area contributed by atoms with Crippen LogP contribution in [0, 0.1) is 24.1 Å². The van der Waals surface area contributed by atoms with E-state index in [-0.39, 0.29) is 18.1 Å². The zero-order valence-corrected chi connectivity index (χ0v) is 20.5. The molecule has 1 aromatic carbocycles. The zero-order valence-electron chi connectivity index (χ0n) is 20.5. The van der Waals surface area contributed by atoms with E-state index in [1.807, 2.05) is 6.07 Å². The number of carbonyl (C=O) groups is 2. The number of aryl methyl sites for hydroxylation is 2. The molecule has 3 aromatic rings. The van der Waals surface area contributed by atoms with E-state index in [0.717, 1.165) is 18.4 Å². The van der Waals surface area contributed by atoms with E-state index in [1.165, 1.54) is 12.1 Å². The van der Waals surface area contributed by atoms with Crippen LogP contribution >= 0.6 is 0 Å². The first-order valence-electron chi connectivity index (χ1n) is 12.0. The first-order valence-corrected chi connectivity index (χ1v) is 12.0. The fraction of sp³-hybridized carbons (Fsp3) is 0.385. The quantitative estimate of drug-likeness (QED) is 0.514. The molecule has 1 saturated carbocycles. The summed E-state index contributed by atoms with van der Waals surface area (Å²) in [6.45, 7) is 2.32. The van der Waals surface area contributed by atoms with Gasteiger partial charge < -0.3 is 5.32 Å². The summed E-state index contributed by atoms with van der Waals surface area (Å²) in [7, 11) is 3.48. The minimum atomic E-state index is -0.584. The van der Waals surface area contributed by atoms with Crippen LogP contribution in [0.5, 0.6) is 0 Å². The Balaban J connectivity index is 1.33. The Bertz CT molecular complexity index is 1360. The topological polar surface area (TPSA) is 105 Å². The molecule has 10 heteroatoms. The summed E-state index contributed by atoms with van der Waals surface area (Å²) in [4.78, 5) is 40.9. The Morgan fingerprint density at radius 2 is 2.06 bits per heavy atom. The lowest BCUT2D eigenvalue weighted by Crippen LogP contribution is -2.38. The van der Waals surface area contributed by atoms with E-state index in [9.17, 15) is 14.0 Å². The summed E-state index contributed by atoms with van der Waals surface area (Å²) in [5.74, 6) is 0.264. The third-order valence-electron chi connectivity index (χ3n) is 6.84. The molecule has 0 radical (unpaired) electrons. The molecule has 1 aliphatic heterocycles. The van der Waals surface area contributed by atoms with Crippen LogP contribution in [-0.4, -0.2) is 51.4 Å². The smallest absolute Gasteiger partial charge is 0.270 e. The van der Waals surface area contributed by atoms with E-state index in [0.29, 0.717) is 41.7 Å². The van der Waals surface area contributed by atoms with Gasteiger partial charge >= 0.3 is 0 Å². The van der Waals surface area contributed by atoms with Crippen LogP contribution < -0.4 is 10.2 Å². The van der Waals surface area contributed by atoms with Gasteiger partial charge in [0.05, 0.1) is 11.6 Å². The highest BCUT2D eigenvalue weighted by Crippen LogP contribution is 2.51. The van der Waals surface area contributed by atoms with Gasteiger partial charge in [-0.15, -0.1) is 0 Å². The van der Waals surface area contributed by atoms with Gasteiger partial charge in [0.25, 0.3) is 5.91 Å². The number of anilines is 1. The van der Waals surface area contributed by atoms with Crippen LogP contribution in [0.25, 0.3) is 11.1 Å². The lowest BCUT2D eigenvalue weighted by molar-refractivity contribution is -0.123. The van der Waals surface area contributed by atoms with Crippen LogP contribution in [0.15, 0.2) is 41.7 Å². The summed E-state index contributed by atoms with van der Waals surface area (Å²) in [6.07, 6.45) is 7.96. The van der Waals surface area contributed by atoms with Crippen molar-refractivity contribution in [2.75, 3.05) is 18.5 Å². The van der Waals surface area contributed by atoms with Crippen molar-refractivity contribution in [3.63, 3.8) is 0 Å². The highest BCUT2D eigenvalue weighted by Gasteiger charge is 2.55. The zero-order chi connectivity index (χ0) is 25.4. The second kappa shape index (κ2) is 9.25. The second-order valence-corrected chi connectivity index (χ2v) is 9.50. The van der Waals surface area contributed by atoms with Crippen LogP contribution in [-0.2, 0) is 18.4 Å². The van der Waals surface area contributed by atoms with Gasteiger partial charge in [-0.3, -0.25) is 24.2 Å². The Kier molecular flexibility index (Phi) is 6.11. The van der Waals surface area contributed by atoms with E-state index in [4.69, 9.17) is 0 Å². The Morgan fingerprint density at radius 1 is 1.25 bits per heavy atom. The molecular weight excluding hydrogens is 461 g/mol. The summed E-state index contributed by atoms with van der Waals surface area (Å²) in [5.41, 5.74) is 1.64. The molecule has 5 rings (SSSR count). The molecule has 186 valence electrons. The largest absolute Gasteiger partial charge is 0.347 e. The molecular formula is C26H28FN7O2. The minimum absolute atomic E-state index is 0.0252. The summed E-state index contributed by atoms with van der Waals surface area (Å²) < 4.78 is 15.9. The van der Waals surface area contributed by atoms with Gasteiger partial charge in [0.15, 0.2) is 0 Å². The maximum absolute atomic E-state index is 14.3. The maximum atomic E-state index is 14.3. The summed E-state index contributed by atoms with van der Waals surface area (Å²) >= 11 is 0. The molecule has 36 heavy (non-hydrogen) atoms. The first-order chi connectivity index (χ1) is 17.3. The Morgan fingerprint density at radius 3 is 2.75 bits per heavy atom. The van der Waals surface area contributed by atoms with Crippen molar-refractivity contribution in [3.8, 4) is 11.1 Å². The minimum Gasteiger partial charge on any atom is -0.347 e. The molecule has 2 aromatic heterocycles. The maximum Gasteiger partial charge on any atom is 0.270 e. The molecule has 1 saturated heterocycles. The van der Waals surface area contributed by atoms with E-state index in [2.05, 4.69) is 25.4 Å². The normalized spacial score (nSPS) is 19.9. The Hall–Kier alpha value is -3.95. The van der Waals surface area contributed by atoms with Gasteiger partial charge in [-0.25, -0.2) is 14.4 Å². The van der Waals surface area contributed by atoms with Crippen LogP contribution in [0.3, 0.4) is 0 Å². The number of nitrogens with one attached hydrogen (secondary N) is 1. The highest BCUT2D eigenvalue weighted by molar-refractivity contribution is 6.10. The van der Waals surface area contributed by atoms with Crippen molar-refractivity contribution >= 4 is 23.8 Å². The lowest BCUT2D eigenvalue weighted by Gasteiger charge is -2.23. The molecule has 2 aliphatic rings. The first kappa shape index (κ1) is 23.8. The number of aliphatic imine (C=N–C) groups is 1. The van der Waals surface area contributed by atoms with Crippen LogP contribution in [0.2, 0.25) is 0 Å². The SMILES string of the molecule is CN=C[C@@]1(C2CC2)CCN(c2cc(C(=O)NCc3cc(F)cc(-c4cnn(C)c4)c3)nc(C)n2)C1=O. The van der Waals surface area contributed by atoms with Gasteiger partial charge in [-0.2, -0.15) is 5.10 Å². The van der Waals surface area contributed by atoms with Crippen LogP contribution in [0.4, 0.5) is 10.2 Å². The molecule has 3 heterocycles. The molecule has 9 nitrogen and oxygen atoms in total. The molecule has 1 atom stereocenters. The van der Waals surface area contributed by atoms with Crippen molar-refractivity contribution in [1.82, 2.24) is 25.1 Å². The molecule has 1 aliphatic carbocycles. The molecule has 2 amide bonds. The second-order valence-electron chi connectivity index (χ2n) is 9.50. The highest BCUT2D eigenvalue weighted by atomic mass is 19.1. The van der Waals surface area contributed by atoms with E-state index in [1.54, 1.807) is 55.3 Å². The third kappa shape index (κ3) is 4.50. The van der Waals surface area contributed by atoms with Gasteiger partial charge in [0.1, 0.15) is 23.2 Å². The standard InChI is InChI=1S/C26H28FN7O2/c1-16-31-22(11-23(32-16)34-7-6-26(15-28-2,25(34)36)20-4-5-20)24(35)29-12-17-8-18(10-21(27)9-17)19-13-30-33(3)14-19/h8-11,13-15,20H,4-7,12H2,1-3H3,(H,29,35)/t26-/m1/s1. The fourth-order valence-corrected chi connectivity index (χ4v) is 4.98. The number of aromatic nitrogens is 4. The van der Waals surface area contributed by atoms with Gasteiger partial charge in [-0.05, 0) is 61.4 Å². The monoisotopic (exact) mass is 489 g/mol. The molecule has 0 spiro atoms. The average molecular weight is 490 g/mol. The summed E-state index contributed by atoms with van der Waals surface area (Å²) in [6, 6.07) is 6.17. The molecule has 0 unspecified atom stereocenters. The van der Waals surface area contributed by atoms with E-state index < -0.39 is 17.1 Å². The fourth-order valence-electron chi connectivity index (χ4n) is 4.98. The van der Waals surface area contributed by atoms with Crippen molar-refractivity contribution < 1.29 is 14.0 Å². The number of hydrogen-bond acceptors (Lipinski definition) is 6. The number of benzene rings is 1. The van der Waals surface area contributed by atoms with Crippen molar-refractivity contribution in [2.24, 2.45) is 23.4 Å². The number of nitrogens with zero attached hydrogens (tertiary/aromatic N) is 6.